The van der Waals surface area contributed by atoms with E-state index in [2.05, 4.69) is 65.8 Å². The number of hydrogen-bond donors (Lipinski definition) is 3. The van der Waals surface area contributed by atoms with Crippen LogP contribution in [0, 0.1) is 0 Å². The second kappa shape index (κ2) is 6.19. The largest absolute Gasteiger partial charge is 0.466 e. The summed E-state index contributed by atoms with van der Waals surface area (Å²) in [4.78, 5) is 21.6. The van der Waals surface area contributed by atoms with Crippen molar-refractivity contribution >= 4 is 7.82 Å². The van der Waals surface area contributed by atoms with Crippen molar-refractivity contribution in [2.24, 2.45) is 0 Å². The Kier molecular flexibility index (Phi) is 5.97. The molecule has 19 heavy (non-hydrogen) atoms. The standard InChI is InChI=1S/C14H22.H3O4P/c1-13(2,3)11-9-7-8-10-12(11)14(4,5)6;1-5(2,3)4/h7-10H,1-6H3;(H3,1,2,3,4). The topological polar surface area (TPSA) is 77.8 Å². The van der Waals surface area contributed by atoms with Gasteiger partial charge in [-0.05, 0) is 22.0 Å². The first-order valence-corrected chi connectivity index (χ1v) is 7.68. The summed E-state index contributed by atoms with van der Waals surface area (Å²) in [6.45, 7) is 13.7. The lowest BCUT2D eigenvalue weighted by molar-refractivity contribution is 0.275. The van der Waals surface area contributed by atoms with Crippen LogP contribution in [0.25, 0.3) is 0 Å². The molecule has 1 aromatic carbocycles. The normalized spacial score (nSPS) is 12.7. The van der Waals surface area contributed by atoms with E-state index in [-0.39, 0.29) is 10.8 Å². The highest BCUT2D eigenvalue weighted by molar-refractivity contribution is 7.45. The SMILES string of the molecule is CC(C)(C)c1ccccc1C(C)(C)C.O=P(O)(O)O. The van der Waals surface area contributed by atoms with Crippen molar-refractivity contribution in [3.05, 3.63) is 35.4 Å². The van der Waals surface area contributed by atoms with E-state index in [1.807, 2.05) is 0 Å². The molecule has 0 fully saturated rings. The van der Waals surface area contributed by atoms with Gasteiger partial charge in [0.1, 0.15) is 0 Å². The molecule has 0 aliphatic carbocycles. The fourth-order valence-electron chi connectivity index (χ4n) is 1.79. The summed E-state index contributed by atoms with van der Waals surface area (Å²) in [5.41, 5.74) is 3.41. The van der Waals surface area contributed by atoms with Crippen molar-refractivity contribution < 1.29 is 19.2 Å². The molecular formula is C14H25O4P. The summed E-state index contributed by atoms with van der Waals surface area (Å²) < 4.78 is 8.88. The van der Waals surface area contributed by atoms with Crippen molar-refractivity contribution in [3.63, 3.8) is 0 Å². The lowest BCUT2D eigenvalue weighted by atomic mass is 9.75. The molecule has 0 aliphatic rings. The highest BCUT2D eigenvalue weighted by Crippen LogP contribution is 2.33. The molecule has 0 saturated heterocycles. The highest BCUT2D eigenvalue weighted by atomic mass is 31.2. The molecule has 0 saturated carbocycles. The molecule has 0 aromatic heterocycles. The minimum absolute atomic E-state index is 0.240. The van der Waals surface area contributed by atoms with Crippen LogP contribution >= 0.6 is 7.82 Å². The number of rotatable bonds is 0. The summed E-state index contributed by atoms with van der Waals surface area (Å²) in [5, 5.41) is 0. The van der Waals surface area contributed by atoms with Crippen molar-refractivity contribution in [3.8, 4) is 0 Å². The van der Waals surface area contributed by atoms with Gasteiger partial charge in [-0.25, -0.2) is 4.57 Å². The third-order valence-corrected chi connectivity index (χ3v) is 2.54. The molecule has 0 amide bonds. The van der Waals surface area contributed by atoms with Crippen LogP contribution < -0.4 is 0 Å². The predicted octanol–water partition coefficient (Wildman–Crippen LogP) is 3.35. The maximum atomic E-state index is 8.88. The average molecular weight is 288 g/mol. The van der Waals surface area contributed by atoms with Crippen molar-refractivity contribution in [2.45, 2.75) is 52.4 Å². The maximum Gasteiger partial charge on any atom is 0.466 e. The number of hydrogen-bond acceptors (Lipinski definition) is 1. The highest BCUT2D eigenvalue weighted by Gasteiger charge is 2.23. The third-order valence-electron chi connectivity index (χ3n) is 2.54. The molecule has 3 N–H and O–H groups in total. The van der Waals surface area contributed by atoms with E-state index in [0.29, 0.717) is 0 Å². The van der Waals surface area contributed by atoms with E-state index in [0.717, 1.165) is 0 Å². The van der Waals surface area contributed by atoms with E-state index in [1.54, 1.807) is 0 Å². The summed E-state index contributed by atoms with van der Waals surface area (Å²) in [5.74, 6) is 0. The monoisotopic (exact) mass is 288 g/mol. The van der Waals surface area contributed by atoms with Gasteiger partial charge < -0.3 is 14.7 Å². The van der Waals surface area contributed by atoms with Gasteiger partial charge in [0.2, 0.25) is 0 Å². The van der Waals surface area contributed by atoms with Gasteiger partial charge in [-0.1, -0.05) is 65.8 Å². The van der Waals surface area contributed by atoms with Gasteiger partial charge in [0.05, 0.1) is 0 Å². The van der Waals surface area contributed by atoms with Crippen molar-refractivity contribution in [2.75, 3.05) is 0 Å². The smallest absolute Gasteiger partial charge is 0.303 e. The van der Waals surface area contributed by atoms with Gasteiger partial charge >= 0.3 is 7.82 Å². The minimum atomic E-state index is -4.64. The fourth-order valence-corrected chi connectivity index (χ4v) is 1.79. The van der Waals surface area contributed by atoms with Crippen LogP contribution in [-0.2, 0) is 15.4 Å². The van der Waals surface area contributed by atoms with Crippen LogP contribution in [0.2, 0.25) is 0 Å². The lowest BCUT2D eigenvalue weighted by Gasteiger charge is -2.29. The molecule has 110 valence electrons. The van der Waals surface area contributed by atoms with Crippen LogP contribution in [0.15, 0.2) is 24.3 Å². The Bertz CT molecular complexity index is 408. The Balaban J connectivity index is 0.000000555. The third kappa shape index (κ3) is 8.17. The van der Waals surface area contributed by atoms with E-state index in [9.17, 15) is 0 Å². The number of phosphoric acid groups is 1. The zero-order chi connectivity index (χ0) is 15.5. The zero-order valence-corrected chi connectivity index (χ0v) is 13.4. The quantitative estimate of drug-likeness (QED) is 0.640. The lowest BCUT2D eigenvalue weighted by Crippen LogP contribution is -2.21. The second-order valence-corrected chi connectivity index (χ2v) is 7.59. The van der Waals surface area contributed by atoms with Gasteiger partial charge in [-0.2, -0.15) is 0 Å². The molecule has 5 heteroatoms. The van der Waals surface area contributed by atoms with E-state index in [1.165, 1.54) is 11.1 Å². The first kappa shape index (κ1) is 18.3. The molecule has 1 rings (SSSR count). The molecule has 1 aromatic rings. The molecule has 0 heterocycles. The Morgan fingerprint density at radius 3 is 1.16 bits per heavy atom. The molecule has 0 aliphatic heterocycles. The first-order valence-electron chi connectivity index (χ1n) is 6.11. The fraction of sp³-hybridized carbons (Fsp3) is 0.571. The molecule has 4 nitrogen and oxygen atoms in total. The maximum absolute atomic E-state index is 8.88. The van der Waals surface area contributed by atoms with E-state index >= 15 is 0 Å². The molecule has 0 bridgehead atoms. The molecule has 0 unspecified atom stereocenters. The van der Waals surface area contributed by atoms with Gasteiger partial charge in [-0.3, -0.25) is 0 Å². The molecule has 0 radical (unpaired) electrons. The van der Waals surface area contributed by atoms with Gasteiger partial charge in [-0.15, -0.1) is 0 Å². The summed E-state index contributed by atoms with van der Waals surface area (Å²) in [7, 11) is -4.64. The Morgan fingerprint density at radius 2 is 1.00 bits per heavy atom. The first-order chi connectivity index (χ1) is 8.23. The predicted molar refractivity (Wildman–Crippen MR) is 78.1 cm³/mol. The molecule has 0 atom stereocenters. The van der Waals surface area contributed by atoms with Crippen molar-refractivity contribution in [1.82, 2.24) is 0 Å². The minimum Gasteiger partial charge on any atom is -0.303 e. The van der Waals surface area contributed by atoms with Crippen LogP contribution in [0.5, 0.6) is 0 Å². The van der Waals surface area contributed by atoms with Gasteiger partial charge in [0.15, 0.2) is 0 Å². The van der Waals surface area contributed by atoms with Gasteiger partial charge in [0.25, 0.3) is 0 Å². The van der Waals surface area contributed by atoms with Crippen LogP contribution in [0.1, 0.15) is 52.7 Å². The second-order valence-electron chi connectivity index (χ2n) is 6.56. The van der Waals surface area contributed by atoms with Crippen LogP contribution in [0.3, 0.4) is 0 Å². The Labute approximate surface area is 115 Å². The summed E-state index contributed by atoms with van der Waals surface area (Å²) in [6, 6.07) is 8.77. The average Bonchev–Trinajstić information content (AvgIpc) is 2.12. The van der Waals surface area contributed by atoms with E-state index in [4.69, 9.17) is 19.2 Å². The summed E-state index contributed by atoms with van der Waals surface area (Å²) in [6.07, 6.45) is 0. The van der Waals surface area contributed by atoms with E-state index < -0.39 is 7.82 Å². The summed E-state index contributed by atoms with van der Waals surface area (Å²) >= 11 is 0. The van der Waals surface area contributed by atoms with Crippen LogP contribution in [-0.4, -0.2) is 14.7 Å². The van der Waals surface area contributed by atoms with Crippen molar-refractivity contribution in [1.29, 1.82) is 0 Å². The Hall–Kier alpha value is -0.670. The molecular weight excluding hydrogens is 263 g/mol. The molecule has 0 spiro atoms. The van der Waals surface area contributed by atoms with Gasteiger partial charge in [0, 0.05) is 0 Å². The van der Waals surface area contributed by atoms with Crippen LogP contribution in [0.4, 0.5) is 0 Å². The Morgan fingerprint density at radius 1 is 0.789 bits per heavy atom. The number of benzene rings is 1. The zero-order valence-electron chi connectivity index (χ0n) is 12.5.